The van der Waals surface area contributed by atoms with Crippen LogP contribution >= 0.6 is 0 Å². The van der Waals surface area contributed by atoms with E-state index in [9.17, 15) is 14.3 Å². The summed E-state index contributed by atoms with van der Waals surface area (Å²) in [5.74, 6) is -0.707. The van der Waals surface area contributed by atoms with Crippen LogP contribution in [0.25, 0.3) is 32.8 Å². The van der Waals surface area contributed by atoms with Gasteiger partial charge in [0.1, 0.15) is 22.9 Å². The van der Waals surface area contributed by atoms with Crippen LogP contribution in [0.15, 0.2) is 36.4 Å². The van der Waals surface area contributed by atoms with E-state index in [1.165, 1.54) is 37.2 Å². The molecule has 3 heterocycles. The number of hydrogen-bond donors (Lipinski definition) is 2. The molecule has 6 rings (SSSR count). The number of fused-ring (bicyclic) bond motifs is 4. The summed E-state index contributed by atoms with van der Waals surface area (Å²) < 4.78 is 31.3. The molecule has 0 saturated carbocycles. The predicted octanol–water partition coefficient (Wildman–Crippen LogP) is 4.93. The second kappa shape index (κ2) is 10.1. The molecule has 2 fully saturated rings. The minimum atomic E-state index is -0.778. The zero-order chi connectivity index (χ0) is 28.1. The van der Waals surface area contributed by atoms with Gasteiger partial charge >= 0.3 is 12.1 Å². The normalized spacial score (nSPS) is 18.4. The molecule has 3 aromatic carbocycles. The molecule has 40 heavy (non-hydrogen) atoms. The maximum absolute atomic E-state index is 16.5. The summed E-state index contributed by atoms with van der Waals surface area (Å²) >= 11 is 0. The number of hydrogen-bond acceptors (Lipinski definition) is 8. The van der Waals surface area contributed by atoms with Crippen molar-refractivity contribution in [1.29, 1.82) is 0 Å². The monoisotopic (exact) mass is 549 g/mol. The lowest BCUT2D eigenvalue weighted by Crippen LogP contribution is -2.51. The minimum absolute atomic E-state index is 0.0461. The molecule has 2 atom stereocenters. The second-order valence-corrected chi connectivity index (χ2v) is 10.5. The van der Waals surface area contributed by atoms with E-state index in [1.807, 2.05) is 6.92 Å². The molecular weight excluding hydrogens is 520 g/mol. The van der Waals surface area contributed by atoms with Gasteiger partial charge in [0.15, 0.2) is 5.82 Å². The number of halogens is 2. The van der Waals surface area contributed by atoms with Gasteiger partial charge in [0, 0.05) is 50.2 Å². The minimum Gasteiger partial charge on any atom is -0.508 e. The average Bonchev–Trinajstić information content (AvgIpc) is 3.28. The maximum Gasteiger partial charge on any atom is 0.452 e. The van der Waals surface area contributed by atoms with Crippen LogP contribution in [0.1, 0.15) is 25.3 Å². The summed E-state index contributed by atoms with van der Waals surface area (Å²) in [5, 5.41) is 15.6. The van der Waals surface area contributed by atoms with Crippen molar-refractivity contribution >= 4 is 33.6 Å². The van der Waals surface area contributed by atoms with Crippen LogP contribution in [0.4, 0.5) is 19.4 Å². The lowest BCUT2D eigenvalue weighted by atomic mass is 9.92. The highest BCUT2D eigenvalue weighted by Crippen LogP contribution is 2.40. The Balaban J connectivity index is 1.54. The number of aromatic hydroxyl groups is 1. The Morgan fingerprint density at radius 2 is 1.85 bits per heavy atom. The smallest absolute Gasteiger partial charge is 0.452 e. The summed E-state index contributed by atoms with van der Waals surface area (Å²) in [5.41, 5.74) is 0.851. The average molecular weight is 550 g/mol. The first-order chi connectivity index (χ1) is 19.2. The molecule has 1 aromatic heterocycles. The zero-order valence-electron chi connectivity index (χ0n) is 22.4. The fraction of sp³-hybridized carbons (Fsp3) is 0.345. The number of benzene rings is 3. The van der Waals surface area contributed by atoms with Crippen molar-refractivity contribution < 1.29 is 28.5 Å². The molecule has 2 N–H and O–H groups in total. The fourth-order valence-electron chi connectivity index (χ4n) is 5.79. The summed E-state index contributed by atoms with van der Waals surface area (Å²) in [4.78, 5) is 34.0. The summed E-state index contributed by atoms with van der Waals surface area (Å²) in [6.45, 7) is 3.16. The summed E-state index contributed by atoms with van der Waals surface area (Å²) in [6, 6.07) is 9.44. The Morgan fingerprint density at radius 1 is 1.10 bits per heavy atom. The quantitative estimate of drug-likeness (QED) is 0.267. The maximum atomic E-state index is 16.5. The molecule has 0 aliphatic carbocycles. The topological polar surface area (TPSA) is 100 Å². The molecule has 2 aliphatic rings. The Kier molecular flexibility index (Phi) is 6.53. The Labute approximate surface area is 229 Å². The number of aromatic nitrogens is 2. The summed E-state index contributed by atoms with van der Waals surface area (Å²) in [7, 11) is 2.99. The number of nitrogens with one attached hydrogen (secondary N) is 1. The van der Waals surface area contributed by atoms with Crippen LogP contribution in [0, 0.1) is 11.6 Å². The molecule has 208 valence electrons. The van der Waals surface area contributed by atoms with Crippen molar-refractivity contribution in [2.24, 2.45) is 0 Å². The number of nitrogens with zero attached hydrogens (tertiary/aromatic N) is 4. The molecule has 2 aliphatic heterocycles. The van der Waals surface area contributed by atoms with E-state index in [-0.39, 0.29) is 34.9 Å². The van der Waals surface area contributed by atoms with Gasteiger partial charge in [-0.1, -0.05) is 19.1 Å². The van der Waals surface area contributed by atoms with Gasteiger partial charge in [0.05, 0.1) is 0 Å². The third-order valence-corrected chi connectivity index (χ3v) is 7.63. The third kappa shape index (κ3) is 4.49. The van der Waals surface area contributed by atoms with Crippen molar-refractivity contribution in [3.8, 4) is 22.9 Å². The number of aryl methyl sites for hydroxylation is 1. The molecular formula is C29H29F2N5O4. The Bertz CT molecular complexity index is 1630. The van der Waals surface area contributed by atoms with E-state index in [1.54, 1.807) is 18.2 Å². The lowest BCUT2D eigenvalue weighted by molar-refractivity contribution is -0.157. The van der Waals surface area contributed by atoms with Crippen molar-refractivity contribution in [3.63, 3.8) is 0 Å². The zero-order valence-corrected chi connectivity index (χ0v) is 22.4. The van der Waals surface area contributed by atoms with Gasteiger partial charge in [-0.05, 0) is 65.4 Å². The highest BCUT2D eigenvalue weighted by atomic mass is 19.1. The fourth-order valence-corrected chi connectivity index (χ4v) is 5.79. The largest absolute Gasteiger partial charge is 0.508 e. The van der Waals surface area contributed by atoms with E-state index in [0.29, 0.717) is 52.6 Å². The number of anilines is 1. The number of phenols is 1. The number of amides is 1. The number of carbonyl (C=O) groups is 1. The van der Waals surface area contributed by atoms with Crippen molar-refractivity contribution in [2.75, 3.05) is 32.1 Å². The van der Waals surface area contributed by atoms with Gasteiger partial charge < -0.3 is 20.2 Å². The SMILES string of the molecule is CCc1c(F)ccc2cc(O)cc(-c3ccc4c(N5CC6CCC(C5)N6)nc(OOC(=O)N(C)C)nc4c3F)c12. The van der Waals surface area contributed by atoms with Crippen LogP contribution in [0.3, 0.4) is 0 Å². The Morgan fingerprint density at radius 3 is 2.55 bits per heavy atom. The first-order valence-corrected chi connectivity index (χ1v) is 13.2. The predicted molar refractivity (Wildman–Crippen MR) is 146 cm³/mol. The third-order valence-electron chi connectivity index (χ3n) is 7.63. The highest BCUT2D eigenvalue weighted by molar-refractivity contribution is 6.03. The van der Waals surface area contributed by atoms with Gasteiger partial charge in [0.2, 0.25) is 0 Å². The molecule has 9 nitrogen and oxygen atoms in total. The molecule has 0 radical (unpaired) electrons. The number of piperazine rings is 1. The van der Waals surface area contributed by atoms with Crippen molar-refractivity contribution in [2.45, 2.75) is 38.3 Å². The molecule has 11 heteroatoms. The number of phenolic OH excluding ortho intramolecular Hbond substituents is 1. The van der Waals surface area contributed by atoms with E-state index < -0.39 is 17.7 Å². The Hall–Kier alpha value is -4.25. The van der Waals surface area contributed by atoms with E-state index in [2.05, 4.69) is 20.2 Å². The molecule has 1 amide bonds. The van der Waals surface area contributed by atoms with E-state index in [4.69, 9.17) is 9.78 Å². The summed E-state index contributed by atoms with van der Waals surface area (Å²) in [6.07, 6.45) is 1.67. The molecule has 2 unspecified atom stereocenters. The first kappa shape index (κ1) is 26.0. The first-order valence-electron chi connectivity index (χ1n) is 13.2. The van der Waals surface area contributed by atoms with Crippen LogP contribution in [-0.4, -0.2) is 65.3 Å². The lowest BCUT2D eigenvalue weighted by Gasteiger charge is -2.34. The second-order valence-electron chi connectivity index (χ2n) is 10.5. The standard InChI is InChI=1S/C29H29F2N5O4/c1-4-19-23(30)10-5-15-11-18(37)12-22(24(15)19)20-8-9-21-26(25(20)31)33-28(39-40-29(38)35(2)3)34-27(21)36-13-16-6-7-17(14-36)32-16/h5,8-12,16-17,32,37H,4,6-7,13-14H2,1-3H3. The number of carbonyl (C=O) groups excluding carboxylic acids is 1. The van der Waals surface area contributed by atoms with Gasteiger partial charge in [-0.15, -0.1) is 0 Å². The van der Waals surface area contributed by atoms with Gasteiger partial charge in [-0.3, -0.25) is 0 Å². The molecule has 2 saturated heterocycles. The van der Waals surface area contributed by atoms with Crippen LogP contribution in [0.5, 0.6) is 11.8 Å². The van der Waals surface area contributed by atoms with Crippen LogP contribution in [-0.2, 0) is 11.3 Å². The van der Waals surface area contributed by atoms with Crippen molar-refractivity contribution in [1.82, 2.24) is 20.2 Å². The van der Waals surface area contributed by atoms with Crippen LogP contribution < -0.4 is 15.1 Å². The number of rotatable bonds is 5. The van der Waals surface area contributed by atoms with Gasteiger partial charge in [0.25, 0.3) is 0 Å². The van der Waals surface area contributed by atoms with Gasteiger partial charge in [-0.2, -0.15) is 9.97 Å². The van der Waals surface area contributed by atoms with Gasteiger partial charge in [-0.25, -0.2) is 23.4 Å². The van der Waals surface area contributed by atoms with E-state index in [0.717, 1.165) is 12.8 Å². The van der Waals surface area contributed by atoms with E-state index >= 15 is 4.39 Å². The highest BCUT2D eigenvalue weighted by Gasteiger charge is 2.34. The molecule has 2 bridgehead atoms. The molecule has 0 spiro atoms. The van der Waals surface area contributed by atoms with Crippen molar-refractivity contribution in [3.05, 3.63) is 53.6 Å². The van der Waals surface area contributed by atoms with Crippen LogP contribution in [0.2, 0.25) is 0 Å². The molecule has 4 aromatic rings.